The summed E-state index contributed by atoms with van der Waals surface area (Å²) in [6.07, 6.45) is 0.0410. The first-order valence-electron chi connectivity index (χ1n) is 3.90. The van der Waals surface area contributed by atoms with E-state index in [-0.39, 0.29) is 11.9 Å². The molecule has 2 rings (SSSR count). The lowest BCUT2D eigenvalue weighted by Crippen LogP contribution is -2.12. The van der Waals surface area contributed by atoms with Gasteiger partial charge in [0.1, 0.15) is 5.75 Å². The fourth-order valence-corrected chi connectivity index (χ4v) is 2.23. The second-order valence-electron chi connectivity index (χ2n) is 2.71. The quantitative estimate of drug-likeness (QED) is 0.785. The minimum Gasteiger partial charge on any atom is -0.481 e. The number of rotatable bonds is 2. The predicted molar refractivity (Wildman–Crippen MR) is 49.0 cm³/mol. The van der Waals surface area contributed by atoms with Crippen LogP contribution in [0.2, 0.25) is 0 Å². The van der Waals surface area contributed by atoms with Crippen molar-refractivity contribution >= 4 is 17.7 Å². The fourth-order valence-electron chi connectivity index (χ4n) is 1.18. The molecular weight excluding hydrogens is 188 g/mol. The summed E-state index contributed by atoms with van der Waals surface area (Å²) >= 11 is 1.46. The Kier molecular flexibility index (Phi) is 2.14. The molecule has 4 heteroatoms. The minimum absolute atomic E-state index is 0.0410. The first-order valence-corrected chi connectivity index (χ1v) is 4.78. The lowest BCUT2D eigenvalue weighted by molar-refractivity contribution is -0.137. The molecule has 1 N–H and O–H groups in total. The zero-order valence-corrected chi connectivity index (χ0v) is 7.58. The molecule has 1 aliphatic heterocycles. The van der Waals surface area contributed by atoms with Crippen LogP contribution in [0.4, 0.5) is 0 Å². The Balaban J connectivity index is 2.09. The molecule has 1 aliphatic rings. The largest absolute Gasteiger partial charge is 0.481 e. The number of hydrogen-bond acceptors (Lipinski definition) is 3. The van der Waals surface area contributed by atoms with Gasteiger partial charge in [0.25, 0.3) is 0 Å². The van der Waals surface area contributed by atoms with Gasteiger partial charge in [-0.05, 0) is 12.1 Å². The number of carbonyl (C=O) groups is 1. The first-order chi connectivity index (χ1) is 6.25. The second-order valence-corrected chi connectivity index (χ2v) is 3.91. The summed E-state index contributed by atoms with van der Waals surface area (Å²) < 4.78 is 5.40. The average Bonchev–Trinajstić information content (AvgIpc) is 2.44. The molecule has 0 bridgehead atoms. The Morgan fingerprint density at radius 2 is 2.31 bits per heavy atom. The third kappa shape index (κ3) is 1.78. The van der Waals surface area contributed by atoms with Gasteiger partial charge in [0.05, 0.1) is 11.3 Å². The van der Waals surface area contributed by atoms with Gasteiger partial charge >= 0.3 is 5.97 Å². The standard InChI is InChI=1S/C9H8O3S/c10-8(11)5-9-12-6-3-1-2-4-7(6)13-9/h1-4,9H,5H2,(H,10,11). The molecule has 1 unspecified atom stereocenters. The van der Waals surface area contributed by atoms with Crippen LogP contribution in [0.3, 0.4) is 0 Å². The fraction of sp³-hybridized carbons (Fsp3) is 0.222. The van der Waals surface area contributed by atoms with E-state index in [1.807, 2.05) is 24.3 Å². The van der Waals surface area contributed by atoms with Gasteiger partial charge in [0, 0.05) is 0 Å². The van der Waals surface area contributed by atoms with E-state index < -0.39 is 5.97 Å². The van der Waals surface area contributed by atoms with E-state index in [1.54, 1.807) is 0 Å². The molecule has 1 atom stereocenters. The van der Waals surface area contributed by atoms with Gasteiger partial charge in [-0.2, -0.15) is 0 Å². The number of para-hydroxylation sites is 1. The van der Waals surface area contributed by atoms with Gasteiger partial charge in [0.2, 0.25) is 0 Å². The number of fused-ring (bicyclic) bond motifs is 1. The number of aliphatic carboxylic acids is 1. The van der Waals surface area contributed by atoms with E-state index in [0.29, 0.717) is 0 Å². The summed E-state index contributed by atoms with van der Waals surface area (Å²) in [6.45, 7) is 0. The van der Waals surface area contributed by atoms with Crippen LogP contribution in [0.1, 0.15) is 6.42 Å². The normalized spacial score (nSPS) is 19.2. The highest BCUT2D eigenvalue weighted by Crippen LogP contribution is 2.41. The van der Waals surface area contributed by atoms with E-state index in [2.05, 4.69) is 0 Å². The van der Waals surface area contributed by atoms with Crippen molar-refractivity contribution in [3.05, 3.63) is 24.3 Å². The smallest absolute Gasteiger partial charge is 0.308 e. The van der Waals surface area contributed by atoms with Gasteiger partial charge in [-0.15, -0.1) is 0 Å². The maximum atomic E-state index is 10.4. The Morgan fingerprint density at radius 3 is 3.00 bits per heavy atom. The molecule has 0 saturated heterocycles. The molecule has 0 saturated carbocycles. The van der Waals surface area contributed by atoms with Crippen LogP contribution in [-0.4, -0.2) is 16.5 Å². The van der Waals surface area contributed by atoms with Crippen molar-refractivity contribution < 1.29 is 14.6 Å². The van der Waals surface area contributed by atoms with Crippen LogP contribution in [0.25, 0.3) is 0 Å². The van der Waals surface area contributed by atoms with Gasteiger partial charge in [-0.1, -0.05) is 23.9 Å². The average molecular weight is 196 g/mol. The van der Waals surface area contributed by atoms with Crippen molar-refractivity contribution in [2.45, 2.75) is 16.8 Å². The van der Waals surface area contributed by atoms with Gasteiger partial charge in [0.15, 0.2) is 5.44 Å². The predicted octanol–water partition coefficient (Wildman–Crippen LogP) is 1.97. The molecule has 1 heterocycles. The summed E-state index contributed by atoms with van der Waals surface area (Å²) in [5.74, 6) is -0.0379. The molecule has 0 amide bonds. The summed E-state index contributed by atoms with van der Waals surface area (Å²) in [4.78, 5) is 11.4. The molecule has 0 aromatic heterocycles. The highest BCUT2D eigenvalue weighted by Gasteiger charge is 2.24. The molecule has 1 aromatic rings. The summed E-state index contributed by atoms with van der Waals surface area (Å²) in [6, 6.07) is 7.58. The van der Waals surface area contributed by atoms with E-state index >= 15 is 0 Å². The van der Waals surface area contributed by atoms with Crippen molar-refractivity contribution in [2.75, 3.05) is 0 Å². The first kappa shape index (κ1) is 8.44. The maximum Gasteiger partial charge on any atom is 0.308 e. The summed E-state index contributed by atoms with van der Waals surface area (Å²) in [5, 5.41) is 8.56. The zero-order chi connectivity index (χ0) is 9.26. The van der Waals surface area contributed by atoms with Gasteiger partial charge in [-0.25, -0.2) is 0 Å². The number of hydrogen-bond donors (Lipinski definition) is 1. The molecule has 1 aromatic carbocycles. The molecular formula is C9H8O3S. The topological polar surface area (TPSA) is 46.5 Å². The van der Waals surface area contributed by atoms with Crippen LogP contribution in [0.15, 0.2) is 29.2 Å². The molecule has 68 valence electrons. The molecule has 3 nitrogen and oxygen atoms in total. The van der Waals surface area contributed by atoms with Crippen LogP contribution in [-0.2, 0) is 4.79 Å². The van der Waals surface area contributed by atoms with E-state index in [4.69, 9.17) is 9.84 Å². The second kappa shape index (κ2) is 3.30. The Morgan fingerprint density at radius 1 is 1.54 bits per heavy atom. The molecule has 0 fully saturated rings. The third-order valence-corrected chi connectivity index (χ3v) is 2.82. The van der Waals surface area contributed by atoms with Crippen molar-refractivity contribution in [3.8, 4) is 5.75 Å². The monoisotopic (exact) mass is 196 g/mol. The van der Waals surface area contributed by atoms with Crippen LogP contribution >= 0.6 is 11.8 Å². The lowest BCUT2D eigenvalue weighted by atomic mass is 10.3. The van der Waals surface area contributed by atoms with E-state index in [1.165, 1.54) is 11.8 Å². The van der Waals surface area contributed by atoms with Crippen LogP contribution < -0.4 is 4.74 Å². The van der Waals surface area contributed by atoms with Gasteiger partial charge < -0.3 is 9.84 Å². The maximum absolute atomic E-state index is 10.4. The molecule has 13 heavy (non-hydrogen) atoms. The Labute approximate surface area is 79.7 Å². The number of benzene rings is 1. The third-order valence-electron chi connectivity index (χ3n) is 1.71. The van der Waals surface area contributed by atoms with Crippen LogP contribution in [0.5, 0.6) is 5.75 Å². The number of carboxylic acids is 1. The summed E-state index contributed by atoms with van der Waals surface area (Å²) in [5.41, 5.74) is -0.269. The van der Waals surface area contributed by atoms with Crippen molar-refractivity contribution in [2.24, 2.45) is 0 Å². The molecule has 0 spiro atoms. The van der Waals surface area contributed by atoms with Crippen molar-refractivity contribution in [1.29, 1.82) is 0 Å². The zero-order valence-electron chi connectivity index (χ0n) is 6.77. The van der Waals surface area contributed by atoms with Crippen molar-refractivity contribution in [3.63, 3.8) is 0 Å². The van der Waals surface area contributed by atoms with Crippen molar-refractivity contribution in [1.82, 2.24) is 0 Å². The Hall–Kier alpha value is -1.16. The van der Waals surface area contributed by atoms with E-state index in [0.717, 1.165) is 10.6 Å². The lowest BCUT2D eigenvalue weighted by Gasteiger charge is -2.04. The van der Waals surface area contributed by atoms with E-state index in [9.17, 15) is 4.79 Å². The number of thioether (sulfide) groups is 1. The summed E-state index contributed by atoms with van der Waals surface area (Å²) in [7, 11) is 0. The molecule has 0 aliphatic carbocycles. The van der Waals surface area contributed by atoms with Crippen LogP contribution in [0, 0.1) is 0 Å². The minimum atomic E-state index is -0.828. The number of carboxylic acid groups (broad SMARTS) is 1. The molecule has 0 radical (unpaired) electrons. The highest BCUT2D eigenvalue weighted by atomic mass is 32.2. The number of ether oxygens (including phenoxy) is 1. The highest BCUT2D eigenvalue weighted by molar-refractivity contribution is 8.00. The Bertz CT molecular complexity index is 312. The SMILES string of the molecule is O=C(O)CC1Oc2ccccc2S1. The van der Waals surface area contributed by atoms with Gasteiger partial charge in [-0.3, -0.25) is 4.79 Å².